The fourth-order valence-electron chi connectivity index (χ4n) is 2.30. The number of benzene rings is 2. The van der Waals surface area contributed by atoms with Crippen molar-refractivity contribution in [1.82, 2.24) is 4.98 Å². The summed E-state index contributed by atoms with van der Waals surface area (Å²) in [6.45, 7) is 1.44. The van der Waals surface area contributed by atoms with Crippen molar-refractivity contribution in [3.8, 4) is 6.07 Å². The van der Waals surface area contributed by atoms with Crippen LogP contribution in [-0.4, -0.2) is 23.0 Å². The van der Waals surface area contributed by atoms with Crippen LogP contribution >= 0.6 is 11.6 Å². The zero-order chi connectivity index (χ0) is 20.1. The number of hydrogen-bond acceptors (Lipinski definition) is 6. The van der Waals surface area contributed by atoms with E-state index in [2.05, 4.69) is 10.3 Å². The summed E-state index contributed by atoms with van der Waals surface area (Å²) in [5.74, 6) is -1.00. The SMILES string of the molecule is C[C@H](OC(=O)/C=C/c1nc2ccccc2o1)C(=O)Nc1ccc(C#N)c(Cl)c1. The maximum atomic E-state index is 12.2. The number of rotatable bonds is 5. The van der Waals surface area contributed by atoms with Gasteiger partial charge in [0, 0.05) is 17.8 Å². The second kappa shape index (κ2) is 8.37. The van der Waals surface area contributed by atoms with Gasteiger partial charge in [-0.1, -0.05) is 23.7 Å². The monoisotopic (exact) mass is 395 g/mol. The summed E-state index contributed by atoms with van der Waals surface area (Å²) in [6.07, 6.45) is 1.45. The molecule has 1 atom stereocenters. The molecule has 0 bridgehead atoms. The smallest absolute Gasteiger partial charge is 0.331 e. The van der Waals surface area contributed by atoms with Crippen LogP contribution in [0.15, 0.2) is 53.0 Å². The molecule has 0 radical (unpaired) electrons. The summed E-state index contributed by atoms with van der Waals surface area (Å²) in [5, 5.41) is 11.6. The highest BCUT2D eigenvalue weighted by atomic mass is 35.5. The van der Waals surface area contributed by atoms with Gasteiger partial charge in [0.05, 0.1) is 10.6 Å². The molecule has 1 amide bonds. The van der Waals surface area contributed by atoms with Gasteiger partial charge in [-0.05, 0) is 37.3 Å². The molecule has 0 unspecified atom stereocenters. The number of carbonyl (C=O) groups excluding carboxylic acids is 2. The molecule has 0 aliphatic carbocycles. The van der Waals surface area contributed by atoms with Gasteiger partial charge in [0.2, 0.25) is 5.89 Å². The van der Waals surface area contributed by atoms with E-state index in [1.807, 2.05) is 18.2 Å². The van der Waals surface area contributed by atoms with E-state index in [0.717, 1.165) is 6.08 Å². The van der Waals surface area contributed by atoms with Crippen molar-refractivity contribution in [2.45, 2.75) is 13.0 Å². The molecule has 0 saturated heterocycles. The Labute approximate surface area is 165 Å². The van der Waals surface area contributed by atoms with Gasteiger partial charge in [-0.25, -0.2) is 9.78 Å². The molecule has 3 rings (SSSR count). The molecule has 140 valence electrons. The number of nitriles is 1. The number of esters is 1. The molecule has 1 N–H and O–H groups in total. The van der Waals surface area contributed by atoms with E-state index in [1.165, 1.54) is 31.2 Å². The van der Waals surface area contributed by atoms with Gasteiger partial charge in [0.1, 0.15) is 11.6 Å². The Kier molecular flexibility index (Phi) is 5.72. The van der Waals surface area contributed by atoms with Crippen molar-refractivity contribution in [1.29, 1.82) is 5.26 Å². The molecule has 1 aromatic heterocycles. The Morgan fingerprint density at radius 2 is 2.11 bits per heavy atom. The Hall–Kier alpha value is -3.63. The highest BCUT2D eigenvalue weighted by Crippen LogP contribution is 2.20. The second-order valence-corrected chi connectivity index (χ2v) is 6.14. The van der Waals surface area contributed by atoms with Crippen LogP contribution in [0.3, 0.4) is 0 Å². The predicted octanol–water partition coefficient (Wildman–Crippen LogP) is 3.94. The van der Waals surface area contributed by atoms with Crippen molar-refractivity contribution in [2.24, 2.45) is 0 Å². The largest absolute Gasteiger partial charge is 0.449 e. The lowest BCUT2D eigenvalue weighted by atomic mass is 10.2. The zero-order valence-corrected chi connectivity index (χ0v) is 15.4. The van der Waals surface area contributed by atoms with Crippen LogP contribution in [0.1, 0.15) is 18.4 Å². The van der Waals surface area contributed by atoms with Crippen LogP contribution in [-0.2, 0) is 14.3 Å². The maximum absolute atomic E-state index is 12.2. The Balaban J connectivity index is 1.57. The lowest BCUT2D eigenvalue weighted by molar-refractivity contribution is -0.148. The van der Waals surface area contributed by atoms with E-state index in [-0.39, 0.29) is 10.9 Å². The topological polar surface area (TPSA) is 105 Å². The van der Waals surface area contributed by atoms with E-state index in [4.69, 9.17) is 26.0 Å². The molecule has 0 aliphatic heterocycles. The molecule has 0 spiro atoms. The summed E-state index contributed by atoms with van der Waals surface area (Å²) in [4.78, 5) is 28.3. The highest BCUT2D eigenvalue weighted by Gasteiger charge is 2.17. The minimum absolute atomic E-state index is 0.214. The van der Waals surface area contributed by atoms with E-state index < -0.39 is 18.0 Å². The number of fused-ring (bicyclic) bond motifs is 1. The molecule has 8 heteroatoms. The number of halogens is 1. The maximum Gasteiger partial charge on any atom is 0.331 e. The summed E-state index contributed by atoms with van der Waals surface area (Å²) in [6, 6.07) is 13.6. The molecule has 0 fully saturated rings. The van der Waals surface area contributed by atoms with Crippen LogP contribution in [0.2, 0.25) is 5.02 Å². The number of para-hydroxylation sites is 2. The minimum Gasteiger partial charge on any atom is -0.449 e. The Bertz CT molecular complexity index is 1080. The van der Waals surface area contributed by atoms with Gasteiger partial charge < -0.3 is 14.5 Å². The normalized spacial score (nSPS) is 11.9. The van der Waals surface area contributed by atoms with Gasteiger partial charge in [0.25, 0.3) is 5.91 Å². The molecule has 3 aromatic rings. The van der Waals surface area contributed by atoms with E-state index in [0.29, 0.717) is 22.4 Å². The zero-order valence-electron chi connectivity index (χ0n) is 14.7. The molecule has 0 saturated carbocycles. The van der Waals surface area contributed by atoms with Crippen LogP contribution < -0.4 is 5.32 Å². The van der Waals surface area contributed by atoms with Crippen LogP contribution in [0, 0.1) is 11.3 Å². The third-order valence-electron chi connectivity index (χ3n) is 3.69. The minimum atomic E-state index is -1.05. The van der Waals surface area contributed by atoms with Gasteiger partial charge in [0.15, 0.2) is 11.7 Å². The van der Waals surface area contributed by atoms with Crippen molar-refractivity contribution < 1.29 is 18.7 Å². The van der Waals surface area contributed by atoms with E-state index >= 15 is 0 Å². The molecule has 0 aliphatic rings. The summed E-state index contributed by atoms with van der Waals surface area (Å²) >= 11 is 5.92. The first-order chi connectivity index (χ1) is 13.5. The number of amides is 1. The van der Waals surface area contributed by atoms with Crippen molar-refractivity contribution in [3.05, 3.63) is 65.0 Å². The first-order valence-electron chi connectivity index (χ1n) is 8.21. The molecule has 7 nitrogen and oxygen atoms in total. The number of anilines is 1. The van der Waals surface area contributed by atoms with Gasteiger partial charge in [-0.2, -0.15) is 5.26 Å². The number of aromatic nitrogens is 1. The van der Waals surface area contributed by atoms with Gasteiger partial charge >= 0.3 is 5.97 Å². The second-order valence-electron chi connectivity index (χ2n) is 5.73. The van der Waals surface area contributed by atoms with Crippen LogP contribution in [0.25, 0.3) is 17.2 Å². The van der Waals surface area contributed by atoms with Crippen molar-refractivity contribution in [2.75, 3.05) is 5.32 Å². The number of nitrogens with zero attached hydrogens (tertiary/aromatic N) is 2. The molecule has 1 heterocycles. The molecular formula is C20H14ClN3O4. The summed E-state index contributed by atoms with van der Waals surface area (Å²) in [7, 11) is 0. The number of hydrogen-bond donors (Lipinski definition) is 1. The number of oxazole rings is 1. The third kappa shape index (κ3) is 4.55. The summed E-state index contributed by atoms with van der Waals surface area (Å²) < 4.78 is 10.5. The quantitative estimate of drug-likeness (QED) is 0.518. The van der Waals surface area contributed by atoms with Crippen LogP contribution in [0.5, 0.6) is 0 Å². The lowest BCUT2D eigenvalue weighted by Crippen LogP contribution is -2.29. The van der Waals surface area contributed by atoms with E-state index in [1.54, 1.807) is 12.1 Å². The average molecular weight is 396 g/mol. The van der Waals surface area contributed by atoms with Gasteiger partial charge in [-0.3, -0.25) is 4.79 Å². The average Bonchev–Trinajstić information content (AvgIpc) is 3.09. The standard InChI is InChI=1S/C20H14ClN3O4/c1-12(20(26)23-14-7-6-13(11-22)15(21)10-14)27-19(25)9-8-18-24-16-4-2-3-5-17(16)28-18/h2-10,12H,1H3,(H,23,26)/b9-8+/t12-/m0/s1. The fourth-order valence-corrected chi connectivity index (χ4v) is 2.52. The van der Waals surface area contributed by atoms with Gasteiger partial charge in [-0.15, -0.1) is 0 Å². The Morgan fingerprint density at radius 3 is 2.82 bits per heavy atom. The number of nitrogens with one attached hydrogen (secondary N) is 1. The summed E-state index contributed by atoms with van der Waals surface area (Å²) in [5.41, 5.74) is 1.95. The van der Waals surface area contributed by atoms with Crippen molar-refractivity contribution >= 4 is 46.3 Å². The number of carbonyl (C=O) groups is 2. The number of ether oxygens (including phenoxy) is 1. The van der Waals surface area contributed by atoms with Crippen molar-refractivity contribution in [3.63, 3.8) is 0 Å². The first kappa shape index (κ1) is 19.1. The molecular weight excluding hydrogens is 382 g/mol. The highest BCUT2D eigenvalue weighted by molar-refractivity contribution is 6.32. The molecule has 28 heavy (non-hydrogen) atoms. The first-order valence-corrected chi connectivity index (χ1v) is 8.59. The fraction of sp³-hybridized carbons (Fsp3) is 0.100. The van der Waals surface area contributed by atoms with Crippen LogP contribution in [0.4, 0.5) is 5.69 Å². The van der Waals surface area contributed by atoms with E-state index in [9.17, 15) is 9.59 Å². The molecule has 2 aromatic carbocycles. The Morgan fingerprint density at radius 1 is 1.32 bits per heavy atom. The predicted molar refractivity (Wildman–Crippen MR) is 103 cm³/mol. The lowest BCUT2D eigenvalue weighted by Gasteiger charge is -2.12. The third-order valence-corrected chi connectivity index (χ3v) is 4.00.